The molecule has 0 saturated heterocycles. The minimum absolute atomic E-state index is 0. The van der Waals surface area contributed by atoms with Crippen molar-refractivity contribution < 1.29 is 82.8 Å². The summed E-state index contributed by atoms with van der Waals surface area (Å²) in [5.74, 6) is -0.187. The molecule has 0 aliphatic rings. The molecule has 0 bridgehead atoms. The normalized spacial score (nSPS) is 12.5. The van der Waals surface area contributed by atoms with Gasteiger partial charge in [-0.2, -0.15) is 0 Å². The van der Waals surface area contributed by atoms with Crippen LogP contribution in [0.25, 0.3) is 0 Å². The number of amides is 1. The first-order valence-corrected chi connectivity index (χ1v) is 10.1. The number of benzene rings is 1. The SMILES string of the molecule is CCCCCCC(C)(C)C(=O)N[C@H](COP(=O)([O-])[O-])c1ccccc1.[Na+].[Na+]. The molecular weight excluding hydrogens is 387 g/mol. The molecule has 6 nitrogen and oxygen atoms in total. The molecule has 0 aliphatic carbocycles. The zero-order valence-electron chi connectivity index (χ0n) is 17.2. The zero-order chi connectivity index (χ0) is 18.9. The Morgan fingerprint density at radius 2 is 1.74 bits per heavy atom. The summed E-state index contributed by atoms with van der Waals surface area (Å²) in [6.45, 7) is 5.45. The van der Waals surface area contributed by atoms with Crippen molar-refractivity contribution in [2.24, 2.45) is 5.41 Å². The van der Waals surface area contributed by atoms with Crippen LogP contribution in [0.15, 0.2) is 30.3 Å². The van der Waals surface area contributed by atoms with E-state index in [1.54, 1.807) is 24.3 Å². The molecule has 1 N–H and O–H groups in total. The maximum absolute atomic E-state index is 12.6. The predicted molar refractivity (Wildman–Crippen MR) is 93.4 cm³/mol. The van der Waals surface area contributed by atoms with Gasteiger partial charge < -0.3 is 24.2 Å². The van der Waals surface area contributed by atoms with Crippen molar-refractivity contribution in [2.45, 2.75) is 58.9 Å². The summed E-state index contributed by atoms with van der Waals surface area (Å²) in [6.07, 6.45) is 5.04. The second-order valence-electron chi connectivity index (χ2n) is 6.87. The topological polar surface area (TPSA) is 102 Å². The van der Waals surface area contributed by atoms with E-state index in [0.717, 1.165) is 32.1 Å². The number of nitrogens with one attached hydrogen (secondary N) is 1. The minimum Gasteiger partial charge on any atom is -0.790 e. The fourth-order valence-corrected chi connectivity index (χ4v) is 2.86. The summed E-state index contributed by atoms with van der Waals surface area (Å²) in [6, 6.07) is 8.18. The van der Waals surface area contributed by atoms with E-state index >= 15 is 0 Å². The van der Waals surface area contributed by atoms with Crippen LogP contribution >= 0.6 is 7.82 Å². The average Bonchev–Trinajstić information content (AvgIpc) is 2.55. The number of rotatable bonds is 11. The molecule has 1 aromatic carbocycles. The Balaban J connectivity index is 0. The van der Waals surface area contributed by atoms with Gasteiger partial charge in [-0.3, -0.25) is 4.79 Å². The molecule has 1 amide bonds. The van der Waals surface area contributed by atoms with Gasteiger partial charge in [-0.25, -0.2) is 0 Å². The third-order valence-electron chi connectivity index (χ3n) is 4.18. The molecule has 142 valence electrons. The molecule has 0 unspecified atom stereocenters. The molecule has 0 radical (unpaired) electrons. The standard InChI is InChI=1S/C18H30NO5P.2Na/c1-4-5-6-10-13-18(2,3)17(20)19-16(14-24-25(21,22)23)15-11-8-7-9-12-15;;/h7-9,11-12,16H,4-6,10,13-14H2,1-3H3,(H,19,20)(H2,21,22,23);;/q;2*+1/p-2/t16-;;/m1../s1. The van der Waals surface area contributed by atoms with Crippen molar-refractivity contribution in [1.82, 2.24) is 5.32 Å². The second kappa shape index (κ2) is 14.7. The Morgan fingerprint density at radius 1 is 1.15 bits per heavy atom. The molecule has 0 aliphatic heterocycles. The van der Waals surface area contributed by atoms with E-state index < -0.39 is 25.9 Å². The molecule has 27 heavy (non-hydrogen) atoms. The Kier molecular flexibility index (Phi) is 16.4. The number of carbonyl (C=O) groups is 1. The summed E-state index contributed by atoms with van der Waals surface area (Å²) in [5, 5.41) is 2.82. The second-order valence-corrected chi connectivity index (χ2v) is 8.03. The minimum atomic E-state index is -5.10. The van der Waals surface area contributed by atoms with Gasteiger partial charge >= 0.3 is 59.1 Å². The molecule has 0 aromatic heterocycles. The Hall–Kier alpha value is 0.800. The van der Waals surface area contributed by atoms with Crippen LogP contribution in [-0.2, 0) is 13.9 Å². The van der Waals surface area contributed by atoms with Gasteiger partial charge in [-0.15, -0.1) is 0 Å². The summed E-state index contributed by atoms with van der Waals surface area (Å²) < 4.78 is 15.2. The third-order valence-corrected chi connectivity index (χ3v) is 4.64. The fraction of sp³-hybridized carbons (Fsp3) is 0.611. The van der Waals surface area contributed by atoms with Crippen LogP contribution in [-0.4, -0.2) is 12.5 Å². The van der Waals surface area contributed by atoms with E-state index in [4.69, 9.17) is 0 Å². The van der Waals surface area contributed by atoms with Gasteiger partial charge in [-0.05, 0) is 12.0 Å². The van der Waals surface area contributed by atoms with Crippen LogP contribution < -0.4 is 74.2 Å². The molecule has 1 aromatic rings. The van der Waals surface area contributed by atoms with Crippen LogP contribution in [0.1, 0.15) is 64.5 Å². The smallest absolute Gasteiger partial charge is 0.790 e. The van der Waals surface area contributed by atoms with Crippen molar-refractivity contribution in [3.8, 4) is 0 Å². The van der Waals surface area contributed by atoms with E-state index in [9.17, 15) is 19.1 Å². The molecule has 0 spiro atoms. The Morgan fingerprint density at radius 3 is 2.26 bits per heavy atom. The van der Waals surface area contributed by atoms with Crippen LogP contribution in [0.5, 0.6) is 0 Å². The molecule has 1 rings (SSSR count). The molecule has 9 heteroatoms. The van der Waals surface area contributed by atoms with Crippen LogP contribution in [0.3, 0.4) is 0 Å². The van der Waals surface area contributed by atoms with E-state index in [2.05, 4.69) is 16.8 Å². The van der Waals surface area contributed by atoms with Gasteiger partial charge in [0.2, 0.25) is 5.91 Å². The number of phosphoric acid groups is 1. The summed E-state index contributed by atoms with van der Waals surface area (Å²) in [7, 11) is -5.10. The van der Waals surface area contributed by atoms with Gasteiger partial charge in [0.1, 0.15) is 0 Å². The van der Waals surface area contributed by atoms with Gasteiger partial charge in [-0.1, -0.05) is 76.8 Å². The first-order chi connectivity index (χ1) is 11.7. The predicted octanol–water partition coefficient (Wildman–Crippen LogP) is -3.31. The van der Waals surface area contributed by atoms with Crippen molar-refractivity contribution in [2.75, 3.05) is 6.61 Å². The number of unbranched alkanes of at least 4 members (excludes halogenated alkanes) is 3. The molecule has 1 atom stereocenters. The fourth-order valence-electron chi connectivity index (χ4n) is 2.53. The molecule has 0 fully saturated rings. The Labute approximate surface area is 207 Å². The van der Waals surface area contributed by atoms with E-state index in [-0.39, 0.29) is 65.0 Å². The summed E-state index contributed by atoms with van der Waals surface area (Å²) >= 11 is 0. The van der Waals surface area contributed by atoms with E-state index in [1.807, 2.05) is 19.9 Å². The first-order valence-electron chi connectivity index (χ1n) is 8.68. The monoisotopic (exact) mass is 415 g/mol. The van der Waals surface area contributed by atoms with Crippen molar-refractivity contribution in [1.29, 1.82) is 0 Å². The number of hydrogen-bond acceptors (Lipinski definition) is 5. The number of hydrogen-bond donors (Lipinski definition) is 1. The summed E-state index contributed by atoms with van der Waals surface area (Å²) in [4.78, 5) is 34.2. The van der Waals surface area contributed by atoms with E-state index in [0.29, 0.717) is 5.56 Å². The Bertz CT molecular complexity index is 580. The zero-order valence-corrected chi connectivity index (χ0v) is 22.1. The van der Waals surface area contributed by atoms with Gasteiger partial charge in [0.15, 0.2) is 0 Å². The van der Waals surface area contributed by atoms with Crippen LogP contribution in [0, 0.1) is 5.41 Å². The van der Waals surface area contributed by atoms with Crippen molar-refractivity contribution in [3.63, 3.8) is 0 Å². The van der Waals surface area contributed by atoms with Crippen molar-refractivity contribution >= 4 is 13.7 Å². The maximum atomic E-state index is 12.6. The maximum Gasteiger partial charge on any atom is 1.00 e. The van der Waals surface area contributed by atoms with Crippen LogP contribution in [0.2, 0.25) is 0 Å². The van der Waals surface area contributed by atoms with Gasteiger partial charge in [0.25, 0.3) is 0 Å². The number of carbonyl (C=O) groups excluding carboxylic acids is 1. The van der Waals surface area contributed by atoms with Crippen molar-refractivity contribution in [3.05, 3.63) is 35.9 Å². The van der Waals surface area contributed by atoms with Gasteiger partial charge in [0.05, 0.1) is 20.5 Å². The third kappa shape index (κ3) is 12.9. The van der Waals surface area contributed by atoms with Crippen LogP contribution in [0.4, 0.5) is 0 Å². The largest absolute Gasteiger partial charge is 1.00 e. The first kappa shape index (κ1) is 30.0. The number of phosphoric ester groups is 1. The van der Waals surface area contributed by atoms with Gasteiger partial charge in [0, 0.05) is 5.41 Å². The molecule has 0 heterocycles. The molecule has 0 saturated carbocycles. The van der Waals surface area contributed by atoms with E-state index in [1.165, 1.54) is 0 Å². The summed E-state index contributed by atoms with van der Waals surface area (Å²) in [5.41, 5.74) is 0.102. The quantitative estimate of drug-likeness (QED) is 0.232. The molecular formula is C18H28NNa2O5P. The average molecular weight is 415 g/mol.